The Labute approximate surface area is 172 Å². The number of aliphatic imine (C=N–C) groups is 1. The van der Waals surface area contributed by atoms with Gasteiger partial charge in [-0.05, 0) is 29.5 Å². The summed E-state index contributed by atoms with van der Waals surface area (Å²) in [7, 11) is 0. The van der Waals surface area contributed by atoms with Crippen LogP contribution in [0.5, 0.6) is 0 Å². The first-order valence-electron chi connectivity index (χ1n) is 9.96. The fourth-order valence-corrected chi connectivity index (χ4v) is 3.35. The minimum Gasteiger partial charge on any atom is -0.370 e. The second-order valence-electron chi connectivity index (χ2n) is 6.98. The van der Waals surface area contributed by atoms with E-state index in [9.17, 15) is 4.79 Å². The van der Waals surface area contributed by atoms with Crippen LogP contribution in [0.3, 0.4) is 0 Å². The highest BCUT2D eigenvalue weighted by Crippen LogP contribution is 2.27. The van der Waals surface area contributed by atoms with Gasteiger partial charge >= 0.3 is 0 Å². The minimum absolute atomic E-state index is 0.0247. The summed E-state index contributed by atoms with van der Waals surface area (Å²) < 4.78 is 0. The molecule has 29 heavy (non-hydrogen) atoms. The number of nitrogens with one attached hydrogen (secondary N) is 1. The van der Waals surface area contributed by atoms with Gasteiger partial charge in [0.15, 0.2) is 5.96 Å². The van der Waals surface area contributed by atoms with Gasteiger partial charge in [-0.1, -0.05) is 91.0 Å². The van der Waals surface area contributed by atoms with E-state index in [0.29, 0.717) is 13.0 Å². The predicted molar refractivity (Wildman–Crippen MR) is 119 cm³/mol. The van der Waals surface area contributed by atoms with Crippen LogP contribution in [0, 0.1) is 0 Å². The Hall–Kier alpha value is -3.40. The predicted octanol–water partition coefficient (Wildman–Crippen LogP) is 4.27. The molecule has 0 bridgehead atoms. The molecular weight excluding hydrogens is 358 g/mol. The molecule has 0 atom stereocenters. The smallest absolute Gasteiger partial charge is 0.227 e. The standard InChI is InChI=1S/C25H27N3O/c26-25(27-18-10-13-20-11-4-1-5-12-20)28-24(29)19-23(21-14-6-2-7-15-21)22-16-8-3-9-17-22/h1-9,11-12,14-17,23H,10,13,18-19H2,(H3,26,27,28,29). The molecule has 0 aliphatic rings. The summed E-state index contributed by atoms with van der Waals surface area (Å²) in [6.07, 6.45) is 2.14. The fourth-order valence-electron chi connectivity index (χ4n) is 3.35. The van der Waals surface area contributed by atoms with Gasteiger partial charge in [0.05, 0.1) is 0 Å². The van der Waals surface area contributed by atoms with E-state index in [1.54, 1.807) is 0 Å². The summed E-state index contributed by atoms with van der Waals surface area (Å²) in [6, 6.07) is 30.4. The highest BCUT2D eigenvalue weighted by atomic mass is 16.1. The van der Waals surface area contributed by atoms with Crippen LogP contribution in [0.15, 0.2) is 96.0 Å². The van der Waals surface area contributed by atoms with Crippen molar-refractivity contribution in [3.05, 3.63) is 108 Å². The van der Waals surface area contributed by atoms with Gasteiger partial charge in [-0.3, -0.25) is 15.1 Å². The highest BCUT2D eigenvalue weighted by molar-refractivity contribution is 5.96. The summed E-state index contributed by atoms with van der Waals surface area (Å²) in [6.45, 7) is 0.585. The van der Waals surface area contributed by atoms with E-state index in [1.807, 2.05) is 78.9 Å². The van der Waals surface area contributed by atoms with Crippen molar-refractivity contribution in [3.8, 4) is 0 Å². The third kappa shape index (κ3) is 6.61. The number of carbonyl (C=O) groups excluding carboxylic acids is 1. The maximum Gasteiger partial charge on any atom is 0.227 e. The number of hydrogen-bond donors (Lipinski definition) is 2. The van der Waals surface area contributed by atoms with Gasteiger partial charge in [-0.25, -0.2) is 0 Å². The molecule has 3 aromatic carbocycles. The van der Waals surface area contributed by atoms with Crippen LogP contribution < -0.4 is 11.1 Å². The molecule has 0 aliphatic carbocycles. The molecule has 0 unspecified atom stereocenters. The van der Waals surface area contributed by atoms with Crippen molar-refractivity contribution in [2.75, 3.05) is 6.54 Å². The lowest BCUT2D eigenvalue weighted by atomic mass is 9.88. The second kappa shape index (κ2) is 10.8. The average molecular weight is 386 g/mol. The molecule has 0 radical (unpaired) electrons. The van der Waals surface area contributed by atoms with Crippen molar-refractivity contribution >= 4 is 11.9 Å². The van der Waals surface area contributed by atoms with Gasteiger partial charge in [-0.15, -0.1) is 0 Å². The van der Waals surface area contributed by atoms with Crippen LogP contribution in [0.25, 0.3) is 0 Å². The molecular formula is C25H27N3O. The van der Waals surface area contributed by atoms with Crippen molar-refractivity contribution in [2.24, 2.45) is 10.7 Å². The largest absolute Gasteiger partial charge is 0.370 e. The first-order valence-corrected chi connectivity index (χ1v) is 9.96. The van der Waals surface area contributed by atoms with Gasteiger partial charge in [0.1, 0.15) is 0 Å². The molecule has 0 aromatic heterocycles. The molecule has 0 saturated carbocycles. The Morgan fingerprint density at radius 3 is 1.90 bits per heavy atom. The fraction of sp³-hybridized carbons (Fsp3) is 0.200. The van der Waals surface area contributed by atoms with Crippen molar-refractivity contribution in [3.63, 3.8) is 0 Å². The lowest BCUT2D eigenvalue weighted by Gasteiger charge is -2.17. The number of benzene rings is 3. The number of carbonyl (C=O) groups is 1. The second-order valence-corrected chi connectivity index (χ2v) is 6.98. The molecule has 3 aromatic rings. The van der Waals surface area contributed by atoms with Crippen LogP contribution in [0.1, 0.15) is 35.4 Å². The van der Waals surface area contributed by atoms with Gasteiger partial charge in [0.25, 0.3) is 0 Å². The van der Waals surface area contributed by atoms with E-state index in [0.717, 1.165) is 24.0 Å². The van der Waals surface area contributed by atoms with Gasteiger partial charge in [0.2, 0.25) is 5.91 Å². The summed E-state index contributed by atoms with van der Waals surface area (Å²) in [5, 5.41) is 2.74. The molecule has 0 aliphatic heterocycles. The van der Waals surface area contributed by atoms with Crippen LogP contribution in [0.4, 0.5) is 0 Å². The summed E-state index contributed by atoms with van der Waals surface area (Å²) >= 11 is 0. The Bertz CT molecular complexity index is 869. The number of nitrogens with zero attached hydrogens (tertiary/aromatic N) is 1. The van der Waals surface area contributed by atoms with E-state index < -0.39 is 0 Å². The summed E-state index contributed by atoms with van der Waals surface area (Å²) in [4.78, 5) is 16.9. The maximum absolute atomic E-state index is 12.6. The number of hydrogen-bond acceptors (Lipinski definition) is 2. The third-order valence-corrected chi connectivity index (χ3v) is 4.81. The molecule has 0 spiro atoms. The average Bonchev–Trinajstić information content (AvgIpc) is 2.77. The zero-order valence-electron chi connectivity index (χ0n) is 16.5. The van der Waals surface area contributed by atoms with Gasteiger partial charge < -0.3 is 5.73 Å². The molecule has 0 saturated heterocycles. The number of aryl methyl sites for hydroxylation is 1. The number of amides is 1. The molecule has 4 nitrogen and oxygen atoms in total. The maximum atomic E-state index is 12.6. The van der Waals surface area contributed by atoms with Crippen LogP contribution in [-0.2, 0) is 11.2 Å². The zero-order valence-corrected chi connectivity index (χ0v) is 16.5. The van der Waals surface area contributed by atoms with E-state index >= 15 is 0 Å². The molecule has 3 rings (SSSR count). The van der Waals surface area contributed by atoms with Crippen molar-refractivity contribution in [2.45, 2.75) is 25.2 Å². The molecule has 3 N–H and O–H groups in total. The monoisotopic (exact) mass is 385 g/mol. The van der Waals surface area contributed by atoms with Crippen LogP contribution in [0.2, 0.25) is 0 Å². The molecule has 0 heterocycles. The van der Waals surface area contributed by atoms with Gasteiger partial charge in [-0.2, -0.15) is 0 Å². The lowest BCUT2D eigenvalue weighted by molar-refractivity contribution is -0.119. The quantitative estimate of drug-likeness (QED) is 0.345. The first kappa shape index (κ1) is 20.3. The number of rotatable bonds is 8. The summed E-state index contributed by atoms with van der Waals surface area (Å²) in [5.74, 6) is 0.0261. The third-order valence-electron chi connectivity index (χ3n) is 4.81. The lowest BCUT2D eigenvalue weighted by Crippen LogP contribution is -2.37. The van der Waals surface area contributed by atoms with Crippen molar-refractivity contribution < 1.29 is 4.79 Å². The highest BCUT2D eigenvalue weighted by Gasteiger charge is 2.18. The van der Waals surface area contributed by atoms with Gasteiger partial charge in [0, 0.05) is 18.9 Å². The Morgan fingerprint density at radius 2 is 1.34 bits per heavy atom. The Balaban J connectivity index is 1.55. The van der Waals surface area contributed by atoms with Crippen LogP contribution in [-0.4, -0.2) is 18.4 Å². The van der Waals surface area contributed by atoms with E-state index in [-0.39, 0.29) is 17.8 Å². The van der Waals surface area contributed by atoms with E-state index in [2.05, 4.69) is 22.4 Å². The molecule has 4 heteroatoms. The van der Waals surface area contributed by atoms with Crippen LogP contribution >= 0.6 is 0 Å². The Kier molecular flexibility index (Phi) is 7.58. The van der Waals surface area contributed by atoms with Crippen molar-refractivity contribution in [1.29, 1.82) is 0 Å². The van der Waals surface area contributed by atoms with E-state index in [1.165, 1.54) is 5.56 Å². The topological polar surface area (TPSA) is 67.5 Å². The SMILES string of the molecule is NC(=NCCCc1ccccc1)NC(=O)CC(c1ccccc1)c1ccccc1. The van der Waals surface area contributed by atoms with E-state index in [4.69, 9.17) is 5.73 Å². The zero-order chi connectivity index (χ0) is 20.3. The number of guanidine groups is 1. The normalized spacial score (nSPS) is 11.4. The molecule has 0 fully saturated rings. The Morgan fingerprint density at radius 1 is 0.828 bits per heavy atom. The molecule has 148 valence electrons. The minimum atomic E-state index is -0.132. The first-order chi connectivity index (χ1) is 14.2. The number of nitrogens with two attached hydrogens (primary N) is 1. The summed E-state index contributed by atoms with van der Waals surface area (Å²) in [5.41, 5.74) is 9.41. The molecule has 1 amide bonds. The van der Waals surface area contributed by atoms with Crippen molar-refractivity contribution in [1.82, 2.24) is 5.32 Å².